The molecular weight excluding hydrogens is 301 g/mol. The quantitative estimate of drug-likeness (QED) is 0.799. The van der Waals surface area contributed by atoms with Crippen LogP contribution in [0.3, 0.4) is 0 Å². The summed E-state index contributed by atoms with van der Waals surface area (Å²) in [6, 6.07) is 4.67. The molecule has 0 unspecified atom stereocenters. The van der Waals surface area contributed by atoms with Crippen molar-refractivity contribution in [3.63, 3.8) is 0 Å². The van der Waals surface area contributed by atoms with E-state index in [1.807, 2.05) is 0 Å². The number of rotatable bonds is 6. The van der Waals surface area contributed by atoms with E-state index in [1.54, 1.807) is 33.1 Å². The molecule has 1 aromatic heterocycles. The molecule has 1 heterocycles. The van der Waals surface area contributed by atoms with Crippen molar-refractivity contribution in [3.05, 3.63) is 29.6 Å². The van der Waals surface area contributed by atoms with E-state index in [-0.39, 0.29) is 12.4 Å². The van der Waals surface area contributed by atoms with Crippen molar-refractivity contribution < 1.29 is 19.0 Å². The molecule has 23 heavy (non-hydrogen) atoms. The fourth-order valence-corrected chi connectivity index (χ4v) is 2.36. The lowest BCUT2D eigenvalue weighted by Crippen LogP contribution is -2.30. The number of carbonyl (C=O) groups is 1. The lowest BCUT2D eigenvalue weighted by atomic mass is 10.1. The molecule has 0 saturated heterocycles. The summed E-state index contributed by atoms with van der Waals surface area (Å²) in [5.74, 6) is 0.0543. The van der Waals surface area contributed by atoms with Crippen molar-refractivity contribution in [2.75, 3.05) is 37.0 Å². The molecule has 0 aliphatic carbocycles. The van der Waals surface area contributed by atoms with E-state index < -0.39 is 6.09 Å². The second-order valence-electron chi connectivity index (χ2n) is 5.05. The Morgan fingerprint density at radius 1 is 1.48 bits per heavy atom. The summed E-state index contributed by atoms with van der Waals surface area (Å²) in [5.41, 5.74) is 1.38. The fraction of sp³-hybridized carbons (Fsp3) is 0.375. The summed E-state index contributed by atoms with van der Waals surface area (Å²) in [5, 5.41) is 13.1. The highest BCUT2D eigenvalue weighted by molar-refractivity contribution is 5.96. The number of nitrogens with zero attached hydrogens (tertiary/aromatic N) is 2. The molecule has 2 N–H and O–H groups in total. The topological polar surface area (TPSA) is 74.7 Å². The maximum Gasteiger partial charge on any atom is 0.411 e. The van der Waals surface area contributed by atoms with Crippen LogP contribution in [0.5, 0.6) is 0 Å². The van der Waals surface area contributed by atoms with E-state index in [2.05, 4.69) is 10.3 Å². The minimum absolute atomic E-state index is 0.279. The fourth-order valence-electron chi connectivity index (χ4n) is 2.36. The summed E-state index contributed by atoms with van der Waals surface area (Å²) >= 11 is 0. The Kier molecular flexibility index (Phi) is 5.33. The molecule has 1 aromatic carbocycles. The zero-order valence-electron chi connectivity index (χ0n) is 13.4. The van der Waals surface area contributed by atoms with Gasteiger partial charge in [-0.05, 0) is 32.0 Å². The number of aryl methyl sites for hydroxylation is 1. The lowest BCUT2D eigenvalue weighted by Gasteiger charge is -2.21. The van der Waals surface area contributed by atoms with Crippen LogP contribution < -0.4 is 10.2 Å². The molecule has 0 bridgehead atoms. The van der Waals surface area contributed by atoms with Crippen molar-refractivity contribution in [2.24, 2.45) is 0 Å². The molecule has 0 aliphatic rings. The summed E-state index contributed by atoms with van der Waals surface area (Å²) in [7, 11) is 1.57. The van der Waals surface area contributed by atoms with Crippen LogP contribution in [0.15, 0.2) is 18.2 Å². The van der Waals surface area contributed by atoms with E-state index in [0.29, 0.717) is 41.1 Å². The van der Waals surface area contributed by atoms with Gasteiger partial charge in [0.25, 0.3) is 0 Å². The number of benzene rings is 1. The van der Waals surface area contributed by atoms with E-state index in [1.165, 1.54) is 11.0 Å². The van der Waals surface area contributed by atoms with E-state index in [0.717, 1.165) is 0 Å². The van der Waals surface area contributed by atoms with Crippen LogP contribution in [-0.4, -0.2) is 43.0 Å². The number of hydrogen-bond donors (Lipinski definition) is 2. The summed E-state index contributed by atoms with van der Waals surface area (Å²) in [6.45, 7) is 4.58. The molecule has 0 aliphatic heterocycles. The van der Waals surface area contributed by atoms with Crippen molar-refractivity contribution in [2.45, 2.75) is 13.8 Å². The third kappa shape index (κ3) is 3.50. The van der Waals surface area contributed by atoms with Crippen LogP contribution in [0.1, 0.15) is 12.5 Å². The van der Waals surface area contributed by atoms with Crippen molar-refractivity contribution in [1.29, 1.82) is 0 Å². The van der Waals surface area contributed by atoms with Gasteiger partial charge in [-0.15, -0.1) is 0 Å². The second-order valence-corrected chi connectivity index (χ2v) is 5.05. The maximum atomic E-state index is 13.8. The average molecular weight is 321 g/mol. The Labute approximate surface area is 133 Å². The van der Waals surface area contributed by atoms with Crippen LogP contribution >= 0.6 is 0 Å². The number of pyridine rings is 1. The molecule has 2 rings (SSSR count). The third-order valence-electron chi connectivity index (χ3n) is 3.59. The molecule has 124 valence electrons. The van der Waals surface area contributed by atoms with Gasteiger partial charge in [0.2, 0.25) is 0 Å². The predicted octanol–water partition coefficient (Wildman–Crippen LogP) is 3.24. The number of methoxy groups -OCH3 is 1. The van der Waals surface area contributed by atoms with Crippen LogP contribution in [0.4, 0.5) is 20.7 Å². The Hall–Kier alpha value is -2.41. The molecule has 0 atom stereocenters. The molecule has 1 amide bonds. The molecule has 7 heteroatoms. The number of ether oxygens (including phenoxy) is 1. The van der Waals surface area contributed by atoms with Crippen LogP contribution in [-0.2, 0) is 4.74 Å². The van der Waals surface area contributed by atoms with Crippen LogP contribution in [0, 0.1) is 12.7 Å². The highest BCUT2D eigenvalue weighted by atomic mass is 19.1. The standard InChI is InChI=1S/C16H20FN3O3/c1-4-20(16(21)22)13-9-11-5-6-12(17)10(2)14(11)19-15(13)18-7-8-23-3/h5-6,9H,4,7-8H2,1-3H3,(H,18,19)(H,21,22). The normalized spacial score (nSPS) is 10.8. The van der Waals surface area contributed by atoms with Gasteiger partial charge >= 0.3 is 6.09 Å². The average Bonchev–Trinajstić information content (AvgIpc) is 2.52. The van der Waals surface area contributed by atoms with Gasteiger partial charge in [-0.1, -0.05) is 0 Å². The van der Waals surface area contributed by atoms with Crippen molar-refractivity contribution in [3.8, 4) is 0 Å². The number of carboxylic acid groups (broad SMARTS) is 1. The number of anilines is 2. The molecule has 0 fully saturated rings. The molecule has 0 radical (unpaired) electrons. The molecule has 0 saturated carbocycles. The first-order chi connectivity index (χ1) is 11.0. The summed E-state index contributed by atoms with van der Waals surface area (Å²) in [6.07, 6.45) is -1.07. The van der Waals surface area contributed by atoms with Gasteiger partial charge in [-0.25, -0.2) is 14.2 Å². The first-order valence-electron chi connectivity index (χ1n) is 7.32. The lowest BCUT2D eigenvalue weighted by molar-refractivity contribution is 0.202. The van der Waals surface area contributed by atoms with E-state index in [9.17, 15) is 14.3 Å². The first kappa shape index (κ1) is 17.0. The smallest absolute Gasteiger partial charge is 0.411 e. The molecule has 6 nitrogen and oxygen atoms in total. The van der Waals surface area contributed by atoms with Gasteiger partial charge in [-0.2, -0.15) is 0 Å². The van der Waals surface area contributed by atoms with Crippen molar-refractivity contribution >= 4 is 28.5 Å². The second kappa shape index (κ2) is 7.23. The largest absolute Gasteiger partial charge is 0.465 e. The van der Waals surface area contributed by atoms with Gasteiger partial charge in [0.05, 0.1) is 17.8 Å². The zero-order valence-corrected chi connectivity index (χ0v) is 13.4. The maximum absolute atomic E-state index is 13.8. The Balaban J connectivity index is 2.59. The number of fused-ring (bicyclic) bond motifs is 1. The first-order valence-corrected chi connectivity index (χ1v) is 7.32. The van der Waals surface area contributed by atoms with Gasteiger partial charge in [0.1, 0.15) is 5.82 Å². The minimum atomic E-state index is -1.07. The number of aromatic nitrogens is 1. The number of halogens is 1. The monoisotopic (exact) mass is 321 g/mol. The van der Waals surface area contributed by atoms with Gasteiger partial charge in [0, 0.05) is 31.1 Å². The number of amides is 1. The SMILES string of the molecule is CCN(C(=O)O)c1cc2ccc(F)c(C)c2nc1NCCOC. The van der Waals surface area contributed by atoms with Crippen molar-refractivity contribution in [1.82, 2.24) is 4.98 Å². The zero-order chi connectivity index (χ0) is 17.0. The highest BCUT2D eigenvalue weighted by Crippen LogP contribution is 2.30. The van der Waals surface area contributed by atoms with Gasteiger partial charge < -0.3 is 15.2 Å². The number of nitrogens with one attached hydrogen (secondary N) is 1. The Bertz CT molecular complexity index is 721. The van der Waals surface area contributed by atoms with Gasteiger partial charge in [-0.3, -0.25) is 4.90 Å². The van der Waals surface area contributed by atoms with E-state index >= 15 is 0 Å². The highest BCUT2D eigenvalue weighted by Gasteiger charge is 2.19. The summed E-state index contributed by atoms with van der Waals surface area (Å²) in [4.78, 5) is 17.1. The predicted molar refractivity (Wildman–Crippen MR) is 87.8 cm³/mol. The molecule has 0 spiro atoms. The minimum Gasteiger partial charge on any atom is -0.465 e. The van der Waals surface area contributed by atoms with Gasteiger partial charge in [0.15, 0.2) is 5.82 Å². The summed E-state index contributed by atoms with van der Waals surface area (Å²) < 4.78 is 18.7. The van der Waals surface area contributed by atoms with E-state index in [4.69, 9.17) is 4.74 Å². The molecular formula is C16H20FN3O3. The Morgan fingerprint density at radius 2 is 2.22 bits per heavy atom. The van der Waals surface area contributed by atoms with Crippen LogP contribution in [0.25, 0.3) is 10.9 Å². The van der Waals surface area contributed by atoms with Crippen LogP contribution in [0.2, 0.25) is 0 Å². The Morgan fingerprint density at radius 3 is 2.83 bits per heavy atom. The third-order valence-corrected chi connectivity index (χ3v) is 3.59. The number of hydrogen-bond acceptors (Lipinski definition) is 4. The molecule has 2 aromatic rings.